The van der Waals surface area contributed by atoms with Crippen LogP contribution in [0.5, 0.6) is 11.5 Å². The minimum Gasteiger partial charge on any atom is -0.497 e. The molecule has 2 heterocycles. The van der Waals surface area contributed by atoms with Crippen LogP contribution in [0.25, 0.3) is 0 Å². The molecule has 1 fully saturated rings. The highest BCUT2D eigenvalue weighted by molar-refractivity contribution is 6.06. The van der Waals surface area contributed by atoms with E-state index < -0.39 is 35.5 Å². The molecule has 1 spiro atoms. The fourth-order valence-corrected chi connectivity index (χ4v) is 7.68. The van der Waals surface area contributed by atoms with Gasteiger partial charge in [-0.15, -0.1) is 0 Å². The van der Waals surface area contributed by atoms with E-state index in [1.165, 1.54) is 7.11 Å². The summed E-state index contributed by atoms with van der Waals surface area (Å²) in [6, 6.07) is 43.7. The maximum absolute atomic E-state index is 15.7. The van der Waals surface area contributed by atoms with E-state index in [1.54, 1.807) is 7.11 Å². The van der Waals surface area contributed by atoms with E-state index >= 15 is 4.79 Å². The number of esters is 1. The number of benzene rings is 5. The van der Waals surface area contributed by atoms with E-state index in [9.17, 15) is 4.79 Å². The third-order valence-electron chi connectivity index (χ3n) is 9.52. The first-order valence-corrected chi connectivity index (χ1v) is 15.5. The molecule has 0 unspecified atom stereocenters. The second kappa shape index (κ2) is 12.3. The molecular weight excluding hydrogens is 574 g/mol. The Morgan fingerprint density at radius 2 is 1.30 bits per heavy atom. The number of likely N-dealkylation sites (tertiary alicyclic amines) is 1. The Morgan fingerprint density at radius 3 is 1.93 bits per heavy atom. The van der Waals surface area contributed by atoms with Crippen LogP contribution >= 0.6 is 0 Å². The second-order valence-electron chi connectivity index (χ2n) is 11.9. The van der Waals surface area contributed by atoms with Crippen molar-refractivity contribution in [1.82, 2.24) is 4.90 Å². The van der Waals surface area contributed by atoms with E-state index in [4.69, 9.17) is 14.2 Å². The van der Waals surface area contributed by atoms with Crippen molar-refractivity contribution in [3.8, 4) is 11.5 Å². The summed E-state index contributed by atoms with van der Waals surface area (Å²) in [7, 11) is 3.04. The standard InChI is InChI=1S/C40H35NO5/c1-44-31-24-22-28(23-25-31)34-35(39(43)45-2)41(26-27-14-6-3-7-15-27)36(29-16-8-4-9-17-29)40(34)37(42)32-20-12-13-21-33(32)46-38(40)30-18-10-5-11-19-30/h3-25,34-36,38H,26H2,1-2H3/t34-,35+,36+,38+,40-/m1/s1. The molecule has 2 aliphatic heterocycles. The Kier molecular flexibility index (Phi) is 7.89. The van der Waals surface area contributed by atoms with Crippen LogP contribution in [0.4, 0.5) is 0 Å². The van der Waals surface area contributed by atoms with Crippen LogP contribution in [0.2, 0.25) is 0 Å². The summed E-state index contributed by atoms with van der Waals surface area (Å²) < 4.78 is 18.1. The Balaban J connectivity index is 1.60. The van der Waals surface area contributed by atoms with Gasteiger partial charge in [0.1, 0.15) is 29.1 Å². The van der Waals surface area contributed by atoms with E-state index in [1.807, 2.05) is 140 Å². The van der Waals surface area contributed by atoms with Crippen LogP contribution in [0.15, 0.2) is 140 Å². The predicted molar refractivity (Wildman–Crippen MR) is 176 cm³/mol. The Bertz CT molecular complexity index is 1830. The number of para-hydroxylation sites is 1. The predicted octanol–water partition coefficient (Wildman–Crippen LogP) is 7.58. The number of fused-ring (bicyclic) bond motifs is 1. The molecule has 46 heavy (non-hydrogen) atoms. The molecule has 0 aromatic heterocycles. The van der Waals surface area contributed by atoms with Gasteiger partial charge in [-0.05, 0) is 46.5 Å². The molecule has 6 nitrogen and oxygen atoms in total. The van der Waals surface area contributed by atoms with Crippen molar-refractivity contribution < 1.29 is 23.8 Å². The van der Waals surface area contributed by atoms with Gasteiger partial charge in [-0.3, -0.25) is 14.5 Å². The number of rotatable bonds is 7. The van der Waals surface area contributed by atoms with Crippen molar-refractivity contribution in [3.05, 3.63) is 167 Å². The highest BCUT2D eigenvalue weighted by atomic mass is 16.5. The van der Waals surface area contributed by atoms with Gasteiger partial charge in [0.15, 0.2) is 5.78 Å². The lowest BCUT2D eigenvalue weighted by atomic mass is 9.58. The smallest absolute Gasteiger partial charge is 0.323 e. The average Bonchev–Trinajstić information content (AvgIpc) is 3.41. The molecule has 0 radical (unpaired) electrons. The molecular formula is C40H35NO5. The number of ketones is 1. The summed E-state index contributed by atoms with van der Waals surface area (Å²) in [5, 5.41) is 0. The zero-order valence-corrected chi connectivity index (χ0v) is 25.8. The van der Waals surface area contributed by atoms with Crippen LogP contribution in [0.3, 0.4) is 0 Å². The lowest BCUT2D eigenvalue weighted by Gasteiger charge is -2.48. The van der Waals surface area contributed by atoms with E-state index in [0.29, 0.717) is 23.6 Å². The molecule has 1 saturated heterocycles. The summed E-state index contributed by atoms with van der Waals surface area (Å²) in [6.45, 7) is 0.408. The molecule has 5 atom stereocenters. The maximum Gasteiger partial charge on any atom is 0.323 e. The molecule has 0 aliphatic carbocycles. The van der Waals surface area contributed by atoms with Gasteiger partial charge in [0.25, 0.3) is 0 Å². The fraction of sp³-hybridized carbons (Fsp3) is 0.200. The van der Waals surface area contributed by atoms with Crippen molar-refractivity contribution in [2.24, 2.45) is 5.41 Å². The summed E-state index contributed by atoms with van der Waals surface area (Å²) >= 11 is 0. The molecule has 5 aromatic carbocycles. The molecule has 230 valence electrons. The lowest BCUT2D eigenvalue weighted by molar-refractivity contribution is -0.147. The van der Waals surface area contributed by atoms with Crippen LogP contribution in [0, 0.1) is 5.41 Å². The van der Waals surface area contributed by atoms with Gasteiger partial charge in [0, 0.05) is 12.5 Å². The molecule has 5 aromatic rings. The summed E-state index contributed by atoms with van der Waals surface area (Å²) in [4.78, 5) is 32.1. The quantitative estimate of drug-likeness (QED) is 0.177. The molecule has 0 saturated carbocycles. The molecule has 2 aliphatic rings. The Labute approximate surface area is 269 Å². The number of ether oxygens (including phenoxy) is 3. The van der Waals surface area contributed by atoms with Crippen molar-refractivity contribution in [3.63, 3.8) is 0 Å². The summed E-state index contributed by atoms with van der Waals surface area (Å²) in [5.41, 5.74) is 2.82. The van der Waals surface area contributed by atoms with Gasteiger partial charge in [-0.2, -0.15) is 0 Å². The van der Waals surface area contributed by atoms with Crippen molar-refractivity contribution in [1.29, 1.82) is 0 Å². The fourth-order valence-electron chi connectivity index (χ4n) is 7.68. The lowest BCUT2D eigenvalue weighted by Crippen LogP contribution is -2.50. The average molecular weight is 610 g/mol. The minimum atomic E-state index is -1.29. The van der Waals surface area contributed by atoms with Crippen LogP contribution in [-0.4, -0.2) is 36.9 Å². The van der Waals surface area contributed by atoms with Crippen molar-refractivity contribution in [2.45, 2.75) is 30.7 Å². The second-order valence-corrected chi connectivity index (χ2v) is 11.9. The number of Topliss-reactive ketones (excluding diaryl/α,β-unsaturated/α-hetero) is 1. The van der Waals surface area contributed by atoms with Crippen LogP contribution in [-0.2, 0) is 16.1 Å². The largest absolute Gasteiger partial charge is 0.497 e. The van der Waals surface area contributed by atoms with Crippen LogP contribution < -0.4 is 9.47 Å². The summed E-state index contributed by atoms with van der Waals surface area (Å²) in [6.07, 6.45) is -0.735. The number of hydrogen-bond acceptors (Lipinski definition) is 6. The number of carbonyl (C=O) groups is 2. The first kappa shape index (κ1) is 29.5. The van der Waals surface area contributed by atoms with Gasteiger partial charge in [-0.25, -0.2) is 0 Å². The minimum absolute atomic E-state index is 0.0673. The molecule has 0 amide bonds. The Hall–Kier alpha value is -5.20. The highest BCUT2D eigenvalue weighted by Gasteiger charge is 2.71. The van der Waals surface area contributed by atoms with Crippen molar-refractivity contribution >= 4 is 11.8 Å². The van der Waals surface area contributed by atoms with E-state index in [0.717, 1.165) is 22.3 Å². The number of methoxy groups -OCH3 is 2. The van der Waals surface area contributed by atoms with Crippen molar-refractivity contribution in [2.75, 3.05) is 14.2 Å². The normalized spacial score (nSPS) is 23.8. The first-order chi connectivity index (χ1) is 22.6. The summed E-state index contributed by atoms with van der Waals surface area (Å²) in [5.74, 6) is 0.0759. The molecule has 6 heteroatoms. The van der Waals surface area contributed by atoms with Gasteiger partial charge in [0.2, 0.25) is 0 Å². The molecule has 0 N–H and O–H groups in total. The van der Waals surface area contributed by atoms with Gasteiger partial charge in [0.05, 0.1) is 25.8 Å². The number of carbonyl (C=O) groups excluding carboxylic acids is 2. The number of nitrogens with zero attached hydrogens (tertiary/aromatic N) is 1. The Morgan fingerprint density at radius 1 is 0.717 bits per heavy atom. The van der Waals surface area contributed by atoms with E-state index in [2.05, 4.69) is 4.90 Å². The third-order valence-corrected chi connectivity index (χ3v) is 9.52. The van der Waals surface area contributed by atoms with Gasteiger partial charge >= 0.3 is 5.97 Å². The highest BCUT2D eigenvalue weighted by Crippen LogP contribution is 2.67. The van der Waals surface area contributed by atoms with E-state index in [-0.39, 0.29) is 5.78 Å². The van der Waals surface area contributed by atoms with Crippen LogP contribution in [0.1, 0.15) is 50.7 Å². The molecule has 0 bridgehead atoms. The zero-order chi connectivity index (χ0) is 31.7. The zero-order valence-electron chi connectivity index (χ0n) is 25.8. The maximum atomic E-state index is 15.7. The van der Waals surface area contributed by atoms with Gasteiger partial charge < -0.3 is 14.2 Å². The third kappa shape index (κ3) is 4.77. The first-order valence-electron chi connectivity index (χ1n) is 15.5. The van der Waals surface area contributed by atoms with Gasteiger partial charge in [-0.1, -0.05) is 115 Å². The SMILES string of the molecule is COC(=O)[C@@H]1[C@@H](c2ccc(OC)cc2)[C@]2(C(=O)c3ccccc3O[C@H]2c2ccccc2)[C@H](c2ccccc2)N1Cc1ccccc1. The monoisotopic (exact) mass is 609 g/mol. The molecule has 7 rings (SSSR count). The number of hydrogen-bond donors (Lipinski definition) is 0. The topological polar surface area (TPSA) is 65.1 Å².